The summed E-state index contributed by atoms with van der Waals surface area (Å²) >= 11 is 1.66. The molecular formula is C27H20N4OS. The summed E-state index contributed by atoms with van der Waals surface area (Å²) in [5.74, 6) is -0.179. The van der Waals surface area contributed by atoms with E-state index in [2.05, 4.69) is 28.5 Å². The molecule has 5 nitrogen and oxygen atoms in total. The van der Waals surface area contributed by atoms with Crippen molar-refractivity contribution in [3.63, 3.8) is 0 Å². The van der Waals surface area contributed by atoms with Crippen LogP contribution in [0.5, 0.6) is 0 Å². The number of amides is 1. The van der Waals surface area contributed by atoms with Crippen molar-refractivity contribution < 1.29 is 4.79 Å². The lowest BCUT2D eigenvalue weighted by molar-refractivity contribution is 0.102. The second kappa shape index (κ2) is 9.14. The van der Waals surface area contributed by atoms with Gasteiger partial charge in [-0.2, -0.15) is 10.2 Å². The van der Waals surface area contributed by atoms with E-state index in [9.17, 15) is 4.79 Å². The molecule has 1 N–H and O–H groups in total. The van der Waals surface area contributed by atoms with E-state index in [0.717, 1.165) is 27.2 Å². The SMILES string of the molecule is Cc1ccc(-c2cc(C(=O)Nc3ccc(N=Nc4ccccc4)cc3)c3ccccc3n2)s1. The number of hydrogen-bond donors (Lipinski definition) is 1. The highest BCUT2D eigenvalue weighted by Gasteiger charge is 2.15. The average molecular weight is 449 g/mol. The van der Waals surface area contributed by atoms with Crippen LogP contribution >= 0.6 is 11.3 Å². The van der Waals surface area contributed by atoms with E-state index in [0.29, 0.717) is 16.9 Å². The molecule has 5 rings (SSSR count). The number of hydrogen-bond acceptors (Lipinski definition) is 5. The smallest absolute Gasteiger partial charge is 0.256 e. The van der Waals surface area contributed by atoms with Crippen LogP contribution in [-0.4, -0.2) is 10.9 Å². The Balaban J connectivity index is 1.40. The maximum absolute atomic E-state index is 13.2. The van der Waals surface area contributed by atoms with Crippen molar-refractivity contribution in [3.05, 3.63) is 108 Å². The lowest BCUT2D eigenvalue weighted by Crippen LogP contribution is -2.13. The van der Waals surface area contributed by atoms with Crippen LogP contribution in [0.4, 0.5) is 17.1 Å². The molecule has 0 unspecified atom stereocenters. The van der Waals surface area contributed by atoms with Crippen LogP contribution in [0.3, 0.4) is 0 Å². The number of benzene rings is 3. The lowest BCUT2D eigenvalue weighted by Gasteiger charge is -2.10. The number of carbonyl (C=O) groups is 1. The summed E-state index contributed by atoms with van der Waals surface area (Å²) in [4.78, 5) is 20.3. The molecule has 0 atom stereocenters. The Labute approximate surface area is 195 Å². The van der Waals surface area contributed by atoms with Crippen LogP contribution in [0.25, 0.3) is 21.5 Å². The third-order valence-corrected chi connectivity index (χ3v) is 6.14. The van der Waals surface area contributed by atoms with Gasteiger partial charge in [-0.1, -0.05) is 36.4 Å². The van der Waals surface area contributed by atoms with Crippen LogP contribution in [-0.2, 0) is 0 Å². The van der Waals surface area contributed by atoms with Gasteiger partial charge in [-0.15, -0.1) is 11.3 Å². The first-order valence-electron chi connectivity index (χ1n) is 10.5. The van der Waals surface area contributed by atoms with Crippen molar-refractivity contribution >= 4 is 45.2 Å². The average Bonchev–Trinajstić information content (AvgIpc) is 3.30. The van der Waals surface area contributed by atoms with Crippen molar-refractivity contribution in [3.8, 4) is 10.6 Å². The topological polar surface area (TPSA) is 66.7 Å². The third kappa shape index (κ3) is 4.71. The van der Waals surface area contributed by atoms with Gasteiger partial charge < -0.3 is 5.32 Å². The molecule has 2 aromatic heterocycles. The number of azo groups is 1. The van der Waals surface area contributed by atoms with Gasteiger partial charge in [0.15, 0.2) is 0 Å². The minimum atomic E-state index is -0.179. The Bertz CT molecular complexity index is 1460. The fourth-order valence-corrected chi connectivity index (χ4v) is 4.31. The van der Waals surface area contributed by atoms with Crippen LogP contribution in [0.2, 0.25) is 0 Å². The Kier molecular flexibility index (Phi) is 5.74. The maximum Gasteiger partial charge on any atom is 0.256 e. The first kappa shape index (κ1) is 20.7. The molecule has 3 aromatic carbocycles. The Morgan fingerprint density at radius 1 is 0.818 bits per heavy atom. The van der Waals surface area contributed by atoms with Gasteiger partial charge in [0.2, 0.25) is 0 Å². The largest absolute Gasteiger partial charge is 0.322 e. The molecule has 0 aliphatic heterocycles. The number of aromatic nitrogens is 1. The van der Waals surface area contributed by atoms with E-state index in [1.807, 2.05) is 91.0 Å². The predicted molar refractivity (Wildman–Crippen MR) is 135 cm³/mol. The van der Waals surface area contributed by atoms with Crippen LogP contribution in [0.1, 0.15) is 15.2 Å². The number of anilines is 1. The molecule has 2 heterocycles. The highest BCUT2D eigenvalue weighted by molar-refractivity contribution is 7.15. The number of para-hydroxylation sites is 1. The fourth-order valence-electron chi connectivity index (χ4n) is 3.48. The predicted octanol–water partition coefficient (Wildman–Crippen LogP) is 7.94. The molecule has 160 valence electrons. The highest BCUT2D eigenvalue weighted by Crippen LogP contribution is 2.30. The number of thiophene rings is 1. The molecule has 0 saturated carbocycles. The van der Waals surface area contributed by atoms with Gasteiger partial charge in [-0.3, -0.25) is 4.79 Å². The van der Waals surface area contributed by atoms with E-state index in [-0.39, 0.29) is 5.91 Å². The Morgan fingerprint density at radius 2 is 1.52 bits per heavy atom. The number of aryl methyl sites for hydroxylation is 1. The number of carbonyl (C=O) groups excluding carboxylic acids is 1. The number of fused-ring (bicyclic) bond motifs is 1. The van der Waals surface area contributed by atoms with Gasteiger partial charge in [-0.25, -0.2) is 4.98 Å². The van der Waals surface area contributed by atoms with Gasteiger partial charge >= 0.3 is 0 Å². The number of rotatable bonds is 5. The maximum atomic E-state index is 13.2. The van der Waals surface area contributed by atoms with E-state index in [1.165, 1.54) is 4.88 Å². The van der Waals surface area contributed by atoms with E-state index in [1.54, 1.807) is 11.3 Å². The van der Waals surface area contributed by atoms with Gasteiger partial charge in [0.25, 0.3) is 5.91 Å². The van der Waals surface area contributed by atoms with Gasteiger partial charge in [0.1, 0.15) is 0 Å². The molecule has 5 aromatic rings. The van der Waals surface area contributed by atoms with Crippen molar-refractivity contribution in [2.75, 3.05) is 5.32 Å². The highest BCUT2D eigenvalue weighted by atomic mass is 32.1. The van der Waals surface area contributed by atoms with Crippen LogP contribution < -0.4 is 5.32 Å². The van der Waals surface area contributed by atoms with Gasteiger partial charge in [-0.05, 0) is 67.6 Å². The van der Waals surface area contributed by atoms with Crippen molar-refractivity contribution in [1.29, 1.82) is 0 Å². The van der Waals surface area contributed by atoms with Crippen LogP contribution in [0.15, 0.2) is 107 Å². The van der Waals surface area contributed by atoms with Gasteiger partial charge in [0.05, 0.1) is 33.0 Å². The molecule has 0 aliphatic carbocycles. The minimum Gasteiger partial charge on any atom is -0.322 e. The summed E-state index contributed by atoms with van der Waals surface area (Å²) in [6.07, 6.45) is 0. The zero-order chi connectivity index (χ0) is 22.6. The van der Waals surface area contributed by atoms with E-state index < -0.39 is 0 Å². The number of nitrogens with zero attached hydrogens (tertiary/aromatic N) is 3. The minimum absolute atomic E-state index is 0.179. The fraction of sp³-hybridized carbons (Fsp3) is 0.0370. The standard InChI is InChI=1S/C27H20N4OS/c1-18-11-16-26(33-18)25-17-23(22-9-5-6-10-24(22)29-25)27(32)28-19-12-14-21(15-13-19)31-30-20-7-3-2-4-8-20/h2-17H,1H3,(H,28,32). The summed E-state index contributed by atoms with van der Waals surface area (Å²) < 4.78 is 0. The zero-order valence-corrected chi connectivity index (χ0v) is 18.7. The second-order valence-electron chi connectivity index (χ2n) is 7.52. The molecule has 0 saturated heterocycles. The Morgan fingerprint density at radius 3 is 2.24 bits per heavy atom. The number of pyridine rings is 1. The quantitative estimate of drug-likeness (QED) is 0.277. The first-order valence-corrected chi connectivity index (χ1v) is 11.3. The summed E-state index contributed by atoms with van der Waals surface area (Å²) in [6, 6.07) is 30.5. The summed E-state index contributed by atoms with van der Waals surface area (Å²) in [7, 11) is 0. The third-order valence-electron chi connectivity index (χ3n) is 5.12. The molecular weight excluding hydrogens is 428 g/mol. The molecule has 0 spiro atoms. The monoisotopic (exact) mass is 448 g/mol. The molecule has 0 aliphatic rings. The lowest BCUT2D eigenvalue weighted by atomic mass is 10.1. The summed E-state index contributed by atoms with van der Waals surface area (Å²) in [5, 5.41) is 12.3. The van der Waals surface area contributed by atoms with Crippen molar-refractivity contribution in [1.82, 2.24) is 4.98 Å². The van der Waals surface area contributed by atoms with E-state index in [4.69, 9.17) is 4.98 Å². The first-order chi connectivity index (χ1) is 16.2. The molecule has 6 heteroatoms. The van der Waals surface area contributed by atoms with Crippen molar-refractivity contribution in [2.24, 2.45) is 10.2 Å². The van der Waals surface area contributed by atoms with Crippen LogP contribution in [0, 0.1) is 6.92 Å². The molecule has 0 fully saturated rings. The molecule has 1 amide bonds. The van der Waals surface area contributed by atoms with Gasteiger partial charge in [0, 0.05) is 16.0 Å². The normalized spacial score (nSPS) is 11.2. The van der Waals surface area contributed by atoms with E-state index >= 15 is 0 Å². The molecule has 0 bridgehead atoms. The molecule has 0 radical (unpaired) electrons. The molecule has 33 heavy (non-hydrogen) atoms. The summed E-state index contributed by atoms with van der Waals surface area (Å²) in [6.45, 7) is 2.06. The number of nitrogens with one attached hydrogen (secondary N) is 1. The van der Waals surface area contributed by atoms with Crippen molar-refractivity contribution in [2.45, 2.75) is 6.92 Å². The Hall–Kier alpha value is -4.16. The summed E-state index contributed by atoms with van der Waals surface area (Å²) in [5.41, 5.74) is 4.37. The second-order valence-corrected chi connectivity index (χ2v) is 8.81. The zero-order valence-electron chi connectivity index (χ0n) is 17.9.